The van der Waals surface area contributed by atoms with Crippen LogP contribution in [0.1, 0.15) is 11.9 Å². The lowest BCUT2D eigenvalue weighted by Crippen LogP contribution is -2.10. The van der Waals surface area contributed by atoms with Crippen molar-refractivity contribution >= 4 is 11.6 Å². The summed E-state index contributed by atoms with van der Waals surface area (Å²) in [6.45, 7) is 0.559. The predicted molar refractivity (Wildman–Crippen MR) is 48.5 cm³/mol. The predicted octanol–water partition coefficient (Wildman–Crippen LogP) is 1.73. The number of alkyl halides is 1. The van der Waals surface area contributed by atoms with Gasteiger partial charge in [0.25, 0.3) is 0 Å². The highest BCUT2D eigenvalue weighted by Gasteiger charge is 2.26. The van der Waals surface area contributed by atoms with Crippen molar-refractivity contribution in [3.05, 3.63) is 30.1 Å². The number of pyridine rings is 1. The molecule has 1 aliphatic heterocycles. The van der Waals surface area contributed by atoms with Gasteiger partial charge in [-0.1, -0.05) is 6.07 Å². The summed E-state index contributed by atoms with van der Waals surface area (Å²) in [5.41, 5.74) is 0.940. The van der Waals surface area contributed by atoms with E-state index in [1.807, 2.05) is 12.1 Å². The van der Waals surface area contributed by atoms with Crippen molar-refractivity contribution in [1.82, 2.24) is 4.98 Å². The van der Waals surface area contributed by atoms with Crippen LogP contribution in [0.5, 0.6) is 0 Å². The lowest BCUT2D eigenvalue weighted by molar-refractivity contribution is -0.0569. The van der Waals surface area contributed by atoms with Gasteiger partial charge in [-0.25, -0.2) is 0 Å². The van der Waals surface area contributed by atoms with E-state index < -0.39 is 0 Å². The first kappa shape index (κ1) is 8.94. The Hall–Kier alpha value is -0.640. The number of hydrogen-bond acceptors (Lipinski definition) is 3. The summed E-state index contributed by atoms with van der Waals surface area (Å²) >= 11 is 5.64. The standard InChI is InChI=1S/C9H10ClNO2/c10-4-8-6-12-9(13-8)7-2-1-3-11-5-7/h1-3,5,8-9H,4,6H2. The van der Waals surface area contributed by atoms with E-state index in [0.29, 0.717) is 12.5 Å². The summed E-state index contributed by atoms with van der Waals surface area (Å²) in [6, 6.07) is 3.78. The molecule has 2 unspecified atom stereocenters. The van der Waals surface area contributed by atoms with E-state index >= 15 is 0 Å². The topological polar surface area (TPSA) is 31.4 Å². The molecule has 0 saturated carbocycles. The van der Waals surface area contributed by atoms with Gasteiger partial charge in [0.15, 0.2) is 6.29 Å². The number of nitrogens with zero attached hydrogens (tertiary/aromatic N) is 1. The zero-order valence-corrected chi connectivity index (χ0v) is 7.78. The first-order valence-electron chi connectivity index (χ1n) is 4.13. The maximum absolute atomic E-state index is 5.64. The molecule has 70 valence electrons. The van der Waals surface area contributed by atoms with Gasteiger partial charge in [0.1, 0.15) is 0 Å². The molecular formula is C9H10ClNO2. The summed E-state index contributed by atoms with van der Waals surface area (Å²) in [5, 5.41) is 0. The lowest BCUT2D eigenvalue weighted by atomic mass is 10.3. The van der Waals surface area contributed by atoms with E-state index in [1.165, 1.54) is 0 Å². The van der Waals surface area contributed by atoms with Gasteiger partial charge in [-0.2, -0.15) is 0 Å². The van der Waals surface area contributed by atoms with E-state index in [-0.39, 0.29) is 12.4 Å². The van der Waals surface area contributed by atoms with Gasteiger partial charge in [-0.3, -0.25) is 4.98 Å². The molecule has 1 aromatic heterocycles. The molecular weight excluding hydrogens is 190 g/mol. The van der Waals surface area contributed by atoms with Crippen molar-refractivity contribution in [1.29, 1.82) is 0 Å². The molecule has 1 fully saturated rings. The van der Waals surface area contributed by atoms with Crippen LogP contribution in [0.2, 0.25) is 0 Å². The molecule has 2 rings (SSSR count). The molecule has 2 heterocycles. The van der Waals surface area contributed by atoms with Crippen molar-refractivity contribution < 1.29 is 9.47 Å². The minimum atomic E-state index is -0.294. The van der Waals surface area contributed by atoms with Gasteiger partial charge in [-0.15, -0.1) is 11.6 Å². The second-order valence-electron chi connectivity index (χ2n) is 2.86. The van der Waals surface area contributed by atoms with Gasteiger partial charge < -0.3 is 9.47 Å². The van der Waals surface area contributed by atoms with Gasteiger partial charge in [0, 0.05) is 18.0 Å². The molecule has 2 atom stereocenters. The Kier molecular flexibility index (Phi) is 2.78. The minimum absolute atomic E-state index is 0.00636. The molecule has 1 aromatic rings. The monoisotopic (exact) mass is 199 g/mol. The Balaban J connectivity index is 2.04. The minimum Gasteiger partial charge on any atom is -0.346 e. The number of rotatable bonds is 2. The van der Waals surface area contributed by atoms with E-state index in [4.69, 9.17) is 21.1 Å². The third-order valence-electron chi connectivity index (χ3n) is 1.88. The van der Waals surface area contributed by atoms with Crippen LogP contribution in [-0.4, -0.2) is 23.6 Å². The molecule has 1 saturated heterocycles. The fourth-order valence-electron chi connectivity index (χ4n) is 1.22. The van der Waals surface area contributed by atoms with Crippen LogP contribution in [0.15, 0.2) is 24.5 Å². The Bertz CT molecular complexity index is 268. The van der Waals surface area contributed by atoms with Crippen LogP contribution in [0, 0.1) is 0 Å². The van der Waals surface area contributed by atoms with Crippen LogP contribution in [0.3, 0.4) is 0 Å². The molecule has 0 N–H and O–H groups in total. The normalized spacial score (nSPS) is 27.8. The number of ether oxygens (including phenoxy) is 2. The fraction of sp³-hybridized carbons (Fsp3) is 0.444. The van der Waals surface area contributed by atoms with E-state index in [1.54, 1.807) is 12.4 Å². The largest absolute Gasteiger partial charge is 0.346 e. The molecule has 3 nitrogen and oxygen atoms in total. The quantitative estimate of drug-likeness (QED) is 0.680. The number of aromatic nitrogens is 1. The van der Waals surface area contributed by atoms with E-state index in [2.05, 4.69) is 4.98 Å². The molecule has 0 aromatic carbocycles. The Morgan fingerprint density at radius 2 is 2.54 bits per heavy atom. The van der Waals surface area contributed by atoms with Gasteiger partial charge in [0.2, 0.25) is 0 Å². The van der Waals surface area contributed by atoms with Crippen LogP contribution in [0.25, 0.3) is 0 Å². The highest BCUT2D eigenvalue weighted by molar-refractivity contribution is 6.18. The van der Waals surface area contributed by atoms with Crippen molar-refractivity contribution in [3.63, 3.8) is 0 Å². The van der Waals surface area contributed by atoms with Gasteiger partial charge in [-0.05, 0) is 6.07 Å². The SMILES string of the molecule is ClCC1COC(c2cccnc2)O1. The summed E-state index contributed by atoms with van der Waals surface area (Å²) in [5.74, 6) is 0.469. The first-order valence-corrected chi connectivity index (χ1v) is 4.66. The number of halogens is 1. The molecule has 13 heavy (non-hydrogen) atoms. The van der Waals surface area contributed by atoms with Crippen LogP contribution in [0.4, 0.5) is 0 Å². The number of hydrogen-bond donors (Lipinski definition) is 0. The molecule has 0 radical (unpaired) electrons. The lowest BCUT2D eigenvalue weighted by Gasteiger charge is -2.08. The Morgan fingerprint density at radius 3 is 3.15 bits per heavy atom. The Labute approximate surface area is 81.6 Å². The average Bonchev–Trinajstić information content (AvgIpc) is 2.67. The molecule has 0 spiro atoms. The van der Waals surface area contributed by atoms with E-state index in [0.717, 1.165) is 5.56 Å². The molecule has 0 aliphatic carbocycles. The smallest absolute Gasteiger partial charge is 0.185 e. The maximum Gasteiger partial charge on any atom is 0.185 e. The van der Waals surface area contributed by atoms with Gasteiger partial charge in [0.05, 0.1) is 18.6 Å². The average molecular weight is 200 g/mol. The van der Waals surface area contributed by atoms with Crippen LogP contribution < -0.4 is 0 Å². The summed E-state index contributed by atoms with van der Waals surface area (Å²) in [6.07, 6.45) is 3.17. The van der Waals surface area contributed by atoms with Crippen molar-refractivity contribution in [3.8, 4) is 0 Å². The maximum atomic E-state index is 5.64. The highest BCUT2D eigenvalue weighted by Crippen LogP contribution is 2.26. The second kappa shape index (κ2) is 4.05. The highest BCUT2D eigenvalue weighted by atomic mass is 35.5. The van der Waals surface area contributed by atoms with Gasteiger partial charge >= 0.3 is 0 Å². The summed E-state index contributed by atoms with van der Waals surface area (Å²) in [7, 11) is 0. The zero-order valence-electron chi connectivity index (χ0n) is 7.02. The third-order valence-corrected chi connectivity index (χ3v) is 2.22. The second-order valence-corrected chi connectivity index (χ2v) is 3.17. The first-order chi connectivity index (χ1) is 6.40. The summed E-state index contributed by atoms with van der Waals surface area (Å²) < 4.78 is 10.9. The van der Waals surface area contributed by atoms with Crippen molar-refractivity contribution in [2.45, 2.75) is 12.4 Å². The Morgan fingerprint density at radius 1 is 1.62 bits per heavy atom. The van der Waals surface area contributed by atoms with Crippen LogP contribution >= 0.6 is 11.6 Å². The zero-order chi connectivity index (χ0) is 9.10. The van der Waals surface area contributed by atoms with Crippen LogP contribution in [-0.2, 0) is 9.47 Å². The molecule has 1 aliphatic rings. The fourth-order valence-corrected chi connectivity index (χ4v) is 1.38. The van der Waals surface area contributed by atoms with E-state index in [9.17, 15) is 0 Å². The summed E-state index contributed by atoms with van der Waals surface area (Å²) in [4.78, 5) is 3.99. The molecule has 0 amide bonds. The van der Waals surface area contributed by atoms with Crippen molar-refractivity contribution in [2.75, 3.05) is 12.5 Å². The van der Waals surface area contributed by atoms with Crippen molar-refractivity contribution in [2.24, 2.45) is 0 Å². The molecule has 4 heteroatoms. The molecule has 0 bridgehead atoms. The third kappa shape index (κ3) is 1.99.